The van der Waals surface area contributed by atoms with Crippen molar-refractivity contribution in [1.82, 2.24) is 0 Å². The van der Waals surface area contributed by atoms with Gasteiger partial charge in [0.15, 0.2) is 0 Å². The molecule has 0 saturated heterocycles. The fourth-order valence-corrected chi connectivity index (χ4v) is 3.03. The monoisotopic (exact) mass is 274 g/mol. The van der Waals surface area contributed by atoms with Gasteiger partial charge in [-0.1, -0.05) is 48.5 Å². The Morgan fingerprint density at radius 3 is 2.57 bits per heavy atom. The van der Waals surface area contributed by atoms with E-state index in [-0.39, 0.29) is 0 Å². The first-order valence-corrected chi connectivity index (χ1v) is 7.46. The van der Waals surface area contributed by atoms with Crippen molar-refractivity contribution >= 4 is 22.1 Å². The largest absolute Gasteiger partial charge is 0.383 e. The molecule has 0 amide bonds. The normalized spacial score (nSPS) is 14.4. The molecule has 2 heteroatoms. The molecule has 0 aliphatic carbocycles. The van der Waals surface area contributed by atoms with Gasteiger partial charge in [0, 0.05) is 31.0 Å². The Bertz CT molecular complexity index is 779. The van der Waals surface area contributed by atoms with Gasteiger partial charge in [0.05, 0.1) is 0 Å². The quantitative estimate of drug-likeness (QED) is 0.713. The Morgan fingerprint density at radius 2 is 1.62 bits per heavy atom. The molecule has 21 heavy (non-hydrogen) atoms. The van der Waals surface area contributed by atoms with E-state index in [1.54, 1.807) is 0 Å². The van der Waals surface area contributed by atoms with Crippen molar-refractivity contribution < 1.29 is 0 Å². The highest BCUT2D eigenvalue weighted by atomic mass is 15.2. The fraction of sp³-hybridized carbons (Fsp3) is 0.158. The van der Waals surface area contributed by atoms with Crippen LogP contribution in [0.1, 0.15) is 5.56 Å². The van der Waals surface area contributed by atoms with Gasteiger partial charge in [-0.15, -0.1) is 0 Å². The van der Waals surface area contributed by atoms with E-state index in [1.165, 1.54) is 27.7 Å². The van der Waals surface area contributed by atoms with Crippen LogP contribution in [0.2, 0.25) is 0 Å². The number of hydrogen-bond acceptors (Lipinski definition) is 2. The predicted molar refractivity (Wildman–Crippen MR) is 89.9 cm³/mol. The smallest absolute Gasteiger partial charge is 0.0450 e. The lowest BCUT2D eigenvalue weighted by Gasteiger charge is -2.23. The van der Waals surface area contributed by atoms with E-state index >= 15 is 0 Å². The second-order valence-electron chi connectivity index (χ2n) is 5.54. The molecule has 104 valence electrons. The average Bonchev–Trinajstić information content (AvgIpc) is 2.76. The third-order valence-electron chi connectivity index (χ3n) is 4.17. The highest BCUT2D eigenvalue weighted by Gasteiger charge is 2.14. The van der Waals surface area contributed by atoms with Gasteiger partial charge >= 0.3 is 0 Å². The third-order valence-corrected chi connectivity index (χ3v) is 4.17. The first-order valence-electron chi connectivity index (χ1n) is 7.46. The van der Waals surface area contributed by atoms with Gasteiger partial charge in [0.25, 0.3) is 0 Å². The zero-order valence-corrected chi connectivity index (χ0v) is 11.9. The molecule has 3 aromatic rings. The van der Waals surface area contributed by atoms with Crippen LogP contribution in [0.5, 0.6) is 0 Å². The van der Waals surface area contributed by atoms with Crippen LogP contribution in [0, 0.1) is 0 Å². The van der Waals surface area contributed by atoms with Crippen LogP contribution in [0.3, 0.4) is 0 Å². The van der Waals surface area contributed by atoms with Gasteiger partial charge in [-0.05, 0) is 34.5 Å². The van der Waals surface area contributed by atoms with Crippen molar-refractivity contribution in [1.29, 1.82) is 0 Å². The summed E-state index contributed by atoms with van der Waals surface area (Å²) in [6, 6.07) is 23.9. The van der Waals surface area contributed by atoms with E-state index in [0.29, 0.717) is 0 Å². The van der Waals surface area contributed by atoms with Gasteiger partial charge in [-0.25, -0.2) is 0 Å². The SMILES string of the molecule is c1ccc2c(c1)CN(c1ccc3ccccc3c1)CCN2. The molecule has 1 aliphatic rings. The summed E-state index contributed by atoms with van der Waals surface area (Å²) in [5.74, 6) is 0. The number of nitrogens with zero attached hydrogens (tertiary/aromatic N) is 1. The van der Waals surface area contributed by atoms with E-state index < -0.39 is 0 Å². The highest BCUT2D eigenvalue weighted by Crippen LogP contribution is 2.26. The molecule has 0 radical (unpaired) electrons. The van der Waals surface area contributed by atoms with Crippen LogP contribution in [-0.4, -0.2) is 13.1 Å². The summed E-state index contributed by atoms with van der Waals surface area (Å²) >= 11 is 0. The van der Waals surface area contributed by atoms with Crippen LogP contribution >= 0.6 is 0 Å². The number of para-hydroxylation sites is 1. The summed E-state index contributed by atoms with van der Waals surface area (Å²) in [5.41, 5.74) is 3.93. The van der Waals surface area contributed by atoms with Crippen LogP contribution in [0.4, 0.5) is 11.4 Å². The van der Waals surface area contributed by atoms with E-state index in [1.807, 2.05) is 0 Å². The molecular formula is C19H18N2. The summed E-state index contributed by atoms with van der Waals surface area (Å²) in [7, 11) is 0. The zero-order valence-electron chi connectivity index (χ0n) is 11.9. The molecular weight excluding hydrogens is 256 g/mol. The molecule has 1 heterocycles. The van der Waals surface area contributed by atoms with Gasteiger partial charge in [-0.2, -0.15) is 0 Å². The second kappa shape index (κ2) is 5.13. The minimum absolute atomic E-state index is 0.960. The minimum Gasteiger partial charge on any atom is -0.383 e. The summed E-state index contributed by atoms with van der Waals surface area (Å²) in [6.45, 7) is 2.96. The molecule has 1 N–H and O–H groups in total. The van der Waals surface area contributed by atoms with E-state index in [4.69, 9.17) is 0 Å². The Balaban J connectivity index is 1.71. The number of hydrogen-bond donors (Lipinski definition) is 1. The van der Waals surface area contributed by atoms with Crippen molar-refractivity contribution in [3.05, 3.63) is 72.3 Å². The maximum atomic E-state index is 3.52. The number of fused-ring (bicyclic) bond motifs is 2. The standard InChI is InChI=1S/C19H18N2/c1-2-6-16-13-18(10-9-15(16)5-1)21-12-11-20-19-8-4-3-7-17(19)14-21/h1-10,13,20H,11-12,14H2. The van der Waals surface area contributed by atoms with Crippen molar-refractivity contribution in [2.24, 2.45) is 0 Å². The number of nitrogens with one attached hydrogen (secondary N) is 1. The minimum atomic E-state index is 0.960. The molecule has 0 aromatic heterocycles. The van der Waals surface area contributed by atoms with Crippen LogP contribution in [0.25, 0.3) is 10.8 Å². The number of anilines is 2. The lowest BCUT2D eigenvalue weighted by atomic mass is 10.1. The molecule has 0 atom stereocenters. The Morgan fingerprint density at radius 1 is 0.810 bits per heavy atom. The molecule has 0 unspecified atom stereocenters. The first kappa shape index (κ1) is 12.3. The average molecular weight is 274 g/mol. The first-order chi connectivity index (χ1) is 10.4. The molecule has 0 spiro atoms. The second-order valence-corrected chi connectivity index (χ2v) is 5.54. The molecule has 4 rings (SSSR count). The number of benzene rings is 3. The highest BCUT2D eigenvalue weighted by molar-refractivity contribution is 5.85. The summed E-state index contributed by atoms with van der Waals surface area (Å²) in [5, 5.41) is 6.13. The van der Waals surface area contributed by atoms with E-state index in [2.05, 4.69) is 76.9 Å². The fourth-order valence-electron chi connectivity index (χ4n) is 3.03. The molecule has 2 nitrogen and oxygen atoms in total. The topological polar surface area (TPSA) is 15.3 Å². The molecule has 0 fully saturated rings. The van der Waals surface area contributed by atoms with Crippen LogP contribution < -0.4 is 10.2 Å². The van der Waals surface area contributed by atoms with Gasteiger partial charge in [0.1, 0.15) is 0 Å². The van der Waals surface area contributed by atoms with E-state index in [0.717, 1.165) is 19.6 Å². The summed E-state index contributed by atoms with van der Waals surface area (Å²) in [6.07, 6.45) is 0. The van der Waals surface area contributed by atoms with Gasteiger partial charge < -0.3 is 10.2 Å². The Labute approximate surface area is 125 Å². The van der Waals surface area contributed by atoms with Crippen LogP contribution in [-0.2, 0) is 6.54 Å². The maximum Gasteiger partial charge on any atom is 0.0450 e. The van der Waals surface area contributed by atoms with Crippen molar-refractivity contribution in [2.75, 3.05) is 23.3 Å². The maximum absolute atomic E-state index is 3.52. The molecule has 0 saturated carbocycles. The molecule has 0 bridgehead atoms. The van der Waals surface area contributed by atoms with Crippen molar-refractivity contribution in [3.63, 3.8) is 0 Å². The Kier molecular flexibility index (Phi) is 3.00. The molecule has 3 aromatic carbocycles. The van der Waals surface area contributed by atoms with Crippen molar-refractivity contribution in [3.8, 4) is 0 Å². The Hall–Kier alpha value is -2.48. The van der Waals surface area contributed by atoms with Gasteiger partial charge in [0.2, 0.25) is 0 Å². The zero-order chi connectivity index (χ0) is 14.1. The van der Waals surface area contributed by atoms with E-state index in [9.17, 15) is 0 Å². The third kappa shape index (κ3) is 2.33. The van der Waals surface area contributed by atoms with Gasteiger partial charge in [-0.3, -0.25) is 0 Å². The summed E-state index contributed by atoms with van der Waals surface area (Å²) in [4.78, 5) is 2.45. The lowest BCUT2D eigenvalue weighted by molar-refractivity contribution is 0.829. The molecule has 1 aliphatic heterocycles. The lowest BCUT2D eigenvalue weighted by Crippen LogP contribution is -2.25. The van der Waals surface area contributed by atoms with Crippen LogP contribution in [0.15, 0.2) is 66.7 Å². The summed E-state index contributed by atoms with van der Waals surface area (Å²) < 4.78 is 0. The number of rotatable bonds is 1. The van der Waals surface area contributed by atoms with Crippen molar-refractivity contribution in [2.45, 2.75) is 6.54 Å². The predicted octanol–water partition coefficient (Wildman–Crippen LogP) is 4.27.